The lowest BCUT2D eigenvalue weighted by Crippen LogP contribution is -2.30. The van der Waals surface area contributed by atoms with Gasteiger partial charge in [0.1, 0.15) is 25.4 Å². The molecule has 5 atom stereocenters. The molecule has 0 heterocycles. The first-order chi connectivity index (χ1) is 51.2. The Labute approximate surface area is 640 Å². The number of esters is 3. The second kappa shape index (κ2) is 79.5. The molecule has 0 saturated carbocycles. The minimum absolute atomic E-state index is 0.0912. The van der Waals surface area contributed by atoms with Gasteiger partial charge in [0.05, 0.1) is 26.4 Å². The molecule has 0 aliphatic heterocycles. The Balaban J connectivity index is 4.40. The molecule has 4 N–H and O–H groups in total. The highest BCUT2D eigenvalue weighted by Crippen LogP contribution is 2.45. The molecule has 0 aromatic carbocycles. The number of hydrogen-bond acceptors (Lipinski definition) is 14. The standard InChI is InChI=1S/C87H152O16P2/c1-4-7-10-13-16-19-22-25-28-30-32-33-34-35-36-37-38-39-40-41-42-43-44-45-46-47-49-51-53-55-58-61-64-67-70-73-85(90)97-76-82(88)77-99-104(93,94)100-78-83(89)79-101-105(95,96)102-81-84(103-87(92)75-72-69-66-63-60-57-52-27-24-21-18-15-12-9-6-3)80-98-86(91)74-71-68-65-62-59-56-54-50-48-31-29-26-23-20-17-14-11-8-5-2/h7-8,10-11,16-17,19-20,25-29,32-33,35-36,48,50,52,82-84,88-89H,4-6,9,12-15,18,21-24,30-31,34,37-47,49,51,53-81H2,1-3H3,(H,93,94)(H,95,96)/b10-7-,11-8-,19-16-,20-17-,28-25-,29-26-,33-32-,36-35-,50-48-,52-27-. The van der Waals surface area contributed by atoms with Gasteiger partial charge in [-0.15, -0.1) is 0 Å². The van der Waals surface area contributed by atoms with E-state index in [1.54, 1.807) is 0 Å². The summed E-state index contributed by atoms with van der Waals surface area (Å²) >= 11 is 0. The Morgan fingerprint density at radius 2 is 0.505 bits per heavy atom. The van der Waals surface area contributed by atoms with Crippen molar-refractivity contribution < 1.29 is 75.8 Å². The van der Waals surface area contributed by atoms with Crippen molar-refractivity contribution in [2.24, 2.45) is 0 Å². The van der Waals surface area contributed by atoms with Gasteiger partial charge in [-0.05, 0) is 128 Å². The summed E-state index contributed by atoms with van der Waals surface area (Å²) in [4.78, 5) is 58.7. The zero-order chi connectivity index (χ0) is 76.6. The van der Waals surface area contributed by atoms with Crippen LogP contribution in [0.3, 0.4) is 0 Å². The summed E-state index contributed by atoms with van der Waals surface area (Å²) in [6, 6.07) is 0. The lowest BCUT2D eigenvalue weighted by atomic mass is 10.0. The maximum Gasteiger partial charge on any atom is 0.472 e. The van der Waals surface area contributed by atoms with Crippen LogP contribution in [-0.4, -0.2) is 95.9 Å². The number of carbonyl (C=O) groups is 3. The first-order valence-corrected chi connectivity index (χ1v) is 44.8. The van der Waals surface area contributed by atoms with Crippen molar-refractivity contribution in [3.05, 3.63) is 122 Å². The van der Waals surface area contributed by atoms with Crippen LogP contribution in [0, 0.1) is 0 Å². The summed E-state index contributed by atoms with van der Waals surface area (Å²) in [6.07, 6.45) is 95.5. The van der Waals surface area contributed by atoms with Crippen LogP contribution in [0.4, 0.5) is 0 Å². The fourth-order valence-electron chi connectivity index (χ4n) is 11.4. The van der Waals surface area contributed by atoms with Gasteiger partial charge in [0.15, 0.2) is 6.10 Å². The fraction of sp³-hybridized carbons (Fsp3) is 0.736. The molecule has 0 amide bonds. The quantitative estimate of drug-likeness (QED) is 0.0146. The van der Waals surface area contributed by atoms with Crippen molar-refractivity contribution in [3.63, 3.8) is 0 Å². The Bertz CT molecular complexity index is 2390. The molecular formula is C87H152O16P2. The Morgan fingerprint density at radius 3 is 0.810 bits per heavy atom. The molecule has 0 rings (SSSR count). The number of phosphoric ester groups is 2. The zero-order valence-electron chi connectivity index (χ0n) is 66.4. The lowest BCUT2D eigenvalue weighted by molar-refractivity contribution is -0.161. The molecule has 5 unspecified atom stereocenters. The predicted octanol–water partition coefficient (Wildman–Crippen LogP) is 24.9. The summed E-state index contributed by atoms with van der Waals surface area (Å²) in [7, 11) is -9.79. The van der Waals surface area contributed by atoms with Crippen molar-refractivity contribution in [3.8, 4) is 0 Å². The van der Waals surface area contributed by atoms with Crippen molar-refractivity contribution in [2.75, 3.05) is 39.6 Å². The lowest BCUT2D eigenvalue weighted by Gasteiger charge is -2.21. The fourth-order valence-corrected chi connectivity index (χ4v) is 12.9. The molecule has 0 saturated heterocycles. The normalized spacial score (nSPS) is 14.5. The first kappa shape index (κ1) is 101. The smallest absolute Gasteiger partial charge is 0.463 e. The Kier molecular flexibility index (Phi) is 76.4. The van der Waals surface area contributed by atoms with Gasteiger partial charge in [-0.3, -0.25) is 32.5 Å². The average Bonchev–Trinajstić information content (AvgIpc) is 0.942. The van der Waals surface area contributed by atoms with Crippen LogP contribution in [0.15, 0.2) is 122 Å². The Morgan fingerprint density at radius 1 is 0.276 bits per heavy atom. The van der Waals surface area contributed by atoms with Gasteiger partial charge in [-0.2, -0.15) is 0 Å². The minimum atomic E-state index is -4.93. The van der Waals surface area contributed by atoms with Gasteiger partial charge in [0, 0.05) is 19.3 Å². The number of unbranched alkanes of at least 4 members (excludes halogenated alkanes) is 36. The molecule has 0 fully saturated rings. The van der Waals surface area contributed by atoms with Crippen molar-refractivity contribution in [2.45, 2.75) is 373 Å². The molecule has 0 aliphatic carbocycles. The van der Waals surface area contributed by atoms with Crippen LogP contribution in [0.25, 0.3) is 0 Å². The van der Waals surface area contributed by atoms with E-state index in [0.717, 1.165) is 154 Å². The van der Waals surface area contributed by atoms with Crippen LogP contribution in [-0.2, 0) is 55.8 Å². The molecule has 0 aromatic heterocycles. The van der Waals surface area contributed by atoms with Gasteiger partial charge in [-0.25, -0.2) is 9.13 Å². The number of hydrogen-bond donors (Lipinski definition) is 4. The molecule has 606 valence electrons. The van der Waals surface area contributed by atoms with Crippen molar-refractivity contribution in [1.29, 1.82) is 0 Å². The van der Waals surface area contributed by atoms with E-state index in [2.05, 4.69) is 142 Å². The van der Waals surface area contributed by atoms with E-state index in [-0.39, 0.29) is 19.3 Å². The van der Waals surface area contributed by atoms with E-state index in [1.807, 2.05) is 0 Å². The molecule has 16 nitrogen and oxygen atoms in total. The van der Waals surface area contributed by atoms with Gasteiger partial charge >= 0.3 is 33.6 Å². The van der Waals surface area contributed by atoms with Crippen LogP contribution >= 0.6 is 15.6 Å². The number of allylic oxidation sites excluding steroid dienone is 20. The van der Waals surface area contributed by atoms with Crippen LogP contribution in [0.1, 0.15) is 355 Å². The largest absolute Gasteiger partial charge is 0.472 e. The number of aliphatic hydroxyl groups is 2. The van der Waals surface area contributed by atoms with E-state index in [0.29, 0.717) is 19.3 Å². The van der Waals surface area contributed by atoms with E-state index in [4.69, 9.17) is 32.3 Å². The van der Waals surface area contributed by atoms with Crippen molar-refractivity contribution in [1.82, 2.24) is 0 Å². The number of carbonyl (C=O) groups excluding carboxylic acids is 3. The molecule has 0 radical (unpaired) electrons. The van der Waals surface area contributed by atoms with Gasteiger partial charge in [0.25, 0.3) is 0 Å². The van der Waals surface area contributed by atoms with Gasteiger partial charge < -0.3 is 34.2 Å². The van der Waals surface area contributed by atoms with E-state index < -0.39 is 91.5 Å². The summed E-state index contributed by atoms with van der Waals surface area (Å²) in [6.45, 7) is 2.46. The minimum Gasteiger partial charge on any atom is -0.463 e. The summed E-state index contributed by atoms with van der Waals surface area (Å²) < 4.78 is 61.2. The number of rotatable bonds is 79. The maximum atomic E-state index is 13.0. The third-order valence-electron chi connectivity index (χ3n) is 17.7. The molecule has 0 aromatic rings. The molecule has 105 heavy (non-hydrogen) atoms. The average molecular weight is 1520 g/mol. The summed E-state index contributed by atoms with van der Waals surface area (Å²) in [5.41, 5.74) is 0. The maximum absolute atomic E-state index is 13.0. The molecular weight excluding hydrogens is 1360 g/mol. The summed E-state index contributed by atoms with van der Waals surface area (Å²) in [5.74, 6) is -1.59. The second-order valence-corrected chi connectivity index (χ2v) is 30.8. The highest BCUT2D eigenvalue weighted by molar-refractivity contribution is 7.47. The van der Waals surface area contributed by atoms with E-state index in [1.165, 1.54) is 141 Å². The first-order valence-electron chi connectivity index (χ1n) is 41.8. The topological polar surface area (TPSA) is 231 Å². The zero-order valence-corrected chi connectivity index (χ0v) is 68.2. The Hall–Kier alpha value is -4.05. The SMILES string of the molecule is CC/C=C\C/C=C\C/C=C\C/C=C\C/C=C\CCCCCCCCCCCCCCCCCCCCCC(=O)OCC(O)COP(=O)(O)OCC(O)COP(=O)(O)OCC(COC(=O)CCCCCCCC/C=C\C/C=C\C/C=C\C/C=C\CC)OC(=O)CCCCCCC/C=C\CCCCCCCC. The highest BCUT2D eigenvalue weighted by Gasteiger charge is 2.29. The third-order valence-corrected chi connectivity index (χ3v) is 19.6. The van der Waals surface area contributed by atoms with Gasteiger partial charge in [-0.1, -0.05) is 328 Å². The van der Waals surface area contributed by atoms with E-state index >= 15 is 0 Å². The number of aliphatic hydroxyl groups excluding tert-OH is 2. The molecule has 0 spiro atoms. The van der Waals surface area contributed by atoms with Crippen molar-refractivity contribution >= 4 is 33.6 Å². The van der Waals surface area contributed by atoms with Crippen LogP contribution < -0.4 is 0 Å². The van der Waals surface area contributed by atoms with Crippen LogP contribution in [0.5, 0.6) is 0 Å². The monoisotopic (exact) mass is 1520 g/mol. The number of ether oxygens (including phenoxy) is 3. The van der Waals surface area contributed by atoms with Gasteiger partial charge in [0.2, 0.25) is 0 Å². The number of phosphoric acid groups is 2. The second-order valence-electron chi connectivity index (χ2n) is 27.9. The molecule has 0 bridgehead atoms. The third kappa shape index (κ3) is 80.8. The van der Waals surface area contributed by atoms with E-state index in [9.17, 15) is 43.5 Å². The predicted molar refractivity (Wildman–Crippen MR) is 436 cm³/mol. The summed E-state index contributed by atoms with van der Waals surface area (Å²) in [5, 5.41) is 20.7. The highest BCUT2D eigenvalue weighted by atomic mass is 31.2. The molecule has 18 heteroatoms. The molecule has 0 aliphatic rings. The van der Waals surface area contributed by atoms with Crippen LogP contribution in [0.2, 0.25) is 0 Å².